The normalized spacial score (nSPS) is 25.6. The monoisotopic (exact) mass is 301 g/mol. The summed E-state index contributed by atoms with van der Waals surface area (Å²) in [6.45, 7) is 1.12. The smallest absolute Gasteiger partial charge is 0.338 e. The Kier molecular flexibility index (Phi) is 4.71. The standard InChI is InChI=1S/C17H19NO4/c18-11-14-4-1-2-7-15(14)22-16(19)12-5-3-6-13(10-12)17-20-8-9-21-17/h3,5-6,10,14-15,17H,1-2,4,7-9H2/t14-,15+/m0/s1. The van der Waals surface area contributed by atoms with Crippen LogP contribution in [0.3, 0.4) is 0 Å². The van der Waals surface area contributed by atoms with Gasteiger partial charge < -0.3 is 14.2 Å². The Labute approximate surface area is 129 Å². The average molecular weight is 301 g/mol. The molecule has 1 aliphatic heterocycles. The number of ether oxygens (including phenoxy) is 3. The summed E-state index contributed by atoms with van der Waals surface area (Å²) in [5, 5.41) is 9.16. The van der Waals surface area contributed by atoms with Crippen molar-refractivity contribution in [3.05, 3.63) is 35.4 Å². The maximum Gasteiger partial charge on any atom is 0.338 e. The first kappa shape index (κ1) is 15.0. The lowest BCUT2D eigenvalue weighted by Gasteiger charge is -2.26. The van der Waals surface area contributed by atoms with Crippen LogP contribution in [0.1, 0.15) is 47.9 Å². The van der Waals surface area contributed by atoms with E-state index in [1.54, 1.807) is 18.2 Å². The highest BCUT2D eigenvalue weighted by atomic mass is 16.7. The zero-order valence-electron chi connectivity index (χ0n) is 12.4. The van der Waals surface area contributed by atoms with E-state index in [4.69, 9.17) is 19.5 Å². The molecule has 5 nitrogen and oxygen atoms in total. The van der Waals surface area contributed by atoms with Gasteiger partial charge in [-0.2, -0.15) is 5.26 Å². The van der Waals surface area contributed by atoms with E-state index in [1.165, 1.54) is 0 Å². The SMILES string of the molecule is N#C[C@@H]1CCCC[C@H]1OC(=O)c1cccc(C2OCCO2)c1. The lowest BCUT2D eigenvalue weighted by Crippen LogP contribution is -2.29. The molecule has 0 N–H and O–H groups in total. The van der Waals surface area contributed by atoms with E-state index in [2.05, 4.69) is 6.07 Å². The number of esters is 1. The fourth-order valence-electron chi connectivity index (χ4n) is 2.95. The van der Waals surface area contributed by atoms with Crippen molar-refractivity contribution in [2.75, 3.05) is 13.2 Å². The zero-order valence-corrected chi connectivity index (χ0v) is 12.4. The van der Waals surface area contributed by atoms with Gasteiger partial charge in [0.15, 0.2) is 6.29 Å². The van der Waals surface area contributed by atoms with Gasteiger partial charge in [0.2, 0.25) is 0 Å². The summed E-state index contributed by atoms with van der Waals surface area (Å²) in [5.41, 5.74) is 1.28. The number of hydrogen-bond acceptors (Lipinski definition) is 5. The minimum atomic E-state index is -0.408. The number of benzene rings is 1. The lowest BCUT2D eigenvalue weighted by molar-refractivity contribution is -0.0441. The molecule has 0 spiro atoms. The molecule has 1 saturated carbocycles. The maximum absolute atomic E-state index is 12.3. The van der Waals surface area contributed by atoms with Gasteiger partial charge >= 0.3 is 5.97 Å². The topological polar surface area (TPSA) is 68.5 Å². The van der Waals surface area contributed by atoms with Gasteiger partial charge in [-0.15, -0.1) is 0 Å². The summed E-state index contributed by atoms with van der Waals surface area (Å²) < 4.78 is 16.4. The Hall–Kier alpha value is -1.90. The summed E-state index contributed by atoms with van der Waals surface area (Å²) in [7, 11) is 0. The van der Waals surface area contributed by atoms with Crippen LogP contribution >= 0.6 is 0 Å². The van der Waals surface area contributed by atoms with Crippen molar-refractivity contribution in [2.45, 2.75) is 38.1 Å². The third-order valence-electron chi connectivity index (χ3n) is 4.14. The van der Waals surface area contributed by atoms with Crippen molar-refractivity contribution in [3.63, 3.8) is 0 Å². The van der Waals surface area contributed by atoms with Crippen LogP contribution in [0, 0.1) is 17.2 Å². The second-order valence-corrected chi connectivity index (χ2v) is 5.66. The first-order valence-corrected chi connectivity index (χ1v) is 7.71. The highest BCUT2D eigenvalue weighted by Crippen LogP contribution is 2.28. The molecule has 1 saturated heterocycles. The summed E-state index contributed by atoms with van der Waals surface area (Å²) in [4.78, 5) is 12.3. The van der Waals surface area contributed by atoms with E-state index < -0.39 is 6.29 Å². The third kappa shape index (κ3) is 3.29. The number of hydrogen-bond donors (Lipinski definition) is 0. The van der Waals surface area contributed by atoms with E-state index in [9.17, 15) is 4.79 Å². The molecule has 1 aromatic carbocycles. The van der Waals surface area contributed by atoms with Crippen molar-refractivity contribution in [2.24, 2.45) is 5.92 Å². The zero-order chi connectivity index (χ0) is 15.4. The molecule has 0 aromatic heterocycles. The van der Waals surface area contributed by atoms with Gasteiger partial charge in [0, 0.05) is 5.56 Å². The second kappa shape index (κ2) is 6.91. The van der Waals surface area contributed by atoms with Crippen molar-refractivity contribution >= 4 is 5.97 Å². The van der Waals surface area contributed by atoms with Gasteiger partial charge in [-0.25, -0.2) is 4.79 Å². The predicted molar refractivity (Wildman–Crippen MR) is 77.9 cm³/mol. The molecule has 5 heteroatoms. The number of nitrogens with zero attached hydrogens (tertiary/aromatic N) is 1. The number of nitriles is 1. The minimum absolute atomic E-state index is 0.192. The highest BCUT2D eigenvalue weighted by Gasteiger charge is 2.29. The molecule has 3 rings (SSSR count). The number of rotatable bonds is 3. The van der Waals surface area contributed by atoms with Crippen molar-refractivity contribution < 1.29 is 19.0 Å². The molecule has 0 unspecified atom stereocenters. The van der Waals surface area contributed by atoms with Crippen LogP contribution in [0.4, 0.5) is 0 Å². The Morgan fingerprint density at radius 1 is 1.23 bits per heavy atom. The maximum atomic E-state index is 12.3. The van der Waals surface area contributed by atoms with Crippen LogP contribution < -0.4 is 0 Å². The molecule has 116 valence electrons. The molecule has 0 bridgehead atoms. The number of carbonyl (C=O) groups is 1. The lowest BCUT2D eigenvalue weighted by atomic mass is 9.87. The summed E-state index contributed by atoms with van der Waals surface area (Å²) >= 11 is 0. The van der Waals surface area contributed by atoms with Crippen molar-refractivity contribution in [3.8, 4) is 6.07 Å². The molecule has 2 aliphatic rings. The Balaban J connectivity index is 1.69. The highest BCUT2D eigenvalue weighted by molar-refractivity contribution is 5.89. The van der Waals surface area contributed by atoms with Crippen LogP contribution in [0.25, 0.3) is 0 Å². The van der Waals surface area contributed by atoms with E-state index >= 15 is 0 Å². The Morgan fingerprint density at radius 2 is 2.00 bits per heavy atom. The first-order valence-electron chi connectivity index (χ1n) is 7.71. The van der Waals surface area contributed by atoms with Crippen LogP contribution in [-0.4, -0.2) is 25.3 Å². The molecule has 2 atom stereocenters. The molecule has 1 aliphatic carbocycles. The van der Waals surface area contributed by atoms with Gasteiger partial charge in [0.05, 0.1) is 30.8 Å². The Morgan fingerprint density at radius 3 is 2.77 bits per heavy atom. The second-order valence-electron chi connectivity index (χ2n) is 5.66. The van der Waals surface area contributed by atoms with E-state index in [1.807, 2.05) is 6.07 Å². The van der Waals surface area contributed by atoms with Crippen LogP contribution in [0.15, 0.2) is 24.3 Å². The molecule has 1 heterocycles. The quantitative estimate of drug-likeness (QED) is 0.803. The fourth-order valence-corrected chi connectivity index (χ4v) is 2.95. The van der Waals surface area contributed by atoms with Gasteiger partial charge in [-0.05, 0) is 31.4 Å². The van der Waals surface area contributed by atoms with E-state index in [0.717, 1.165) is 31.2 Å². The molecule has 1 aromatic rings. The molecule has 0 amide bonds. The predicted octanol–water partition coefficient (Wildman–Crippen LogP) is 2.97. The third-order valence-corrected chi connectivity index (χ3v) is 4.14. The van der Waals surface area contributed by atoms with E-state index in [0.29, 0.717) is 18.8 Å². The van der Waals surface area contributed by atoms with Crippen LogP contribution in [0.2, 0.25) is 0 Å². The molecular formula is C17H19NO4. The Bertz CT molecular complexity index is 574. The van der Waals surface area contributed by atoms with Gasteiger partial charge in [0.1, 0.15) is 6.10 Å². The summed E-state index contributed by atoms with van der Waals surface area (Å²) in [6.07, 6.45) is 2.89. The molecule has 22 heavy (non-hydrogen) atoms. The minimum Gasteiger partial charge on any atom is -0.457 e. The van der Waals surface area contributed by atoms with Crippen LogP contribution in [-0.2, 0) is 14.2 Å². The molecular weight excluding hydrogens is 282 g/mol. The van der Waals surface area contributed by atoms with Gasteiger partial charge in [-0.3, -0.25) is 0 Å². The van der Waals surface area contributed by atoms with Crippen molar-refractivity contribution in [1.29, 1.82) is 5.26 Å². The molecule has 2 fully saturated rings. The number of carbonyl (C=O) groups excluding carboxylic acids is 1. The van der Waals surface area contributed by atoms with Crippen LogP contribution in [0.5, 0.6) is 0 Å². The largest absolute Gasteiger partial charge is 0.457 e. The van der Waals surface area contributed by atoms with E-state index in [-0.39, 0.29) is 18.0 Å². The summed E-state index contributed by atoms with van der Waals surface area (Å²) in [5.74, 6) is -0.575. The van der Waals surface area contributed by atoms with Crippen molar-refractivity contribution in [1.82, 2.24) is 0 Å². The average Bonchev–Trinajstić information content (AvgIpc) is 3.10. The molecule has 0 radical (unpaired) electrons. The fraction of sp³-hybridized carbons (Fsp3) is 0.529. The van der Waals surface area contributed by atoms with Gasteiger partial charge in [-0.1, -0.05) is 18.6 Å². The first-order chi connectivity index (χ1) is 10.8. The summed E-state index contributed by atoms with van der Waals surface area (Å²) in [6, 6.07) is 9.36. The van der Waals surface area contributed by atoms with Gasteiger partial charge in [0.25, 0.3) is 0 Å².